The van der Waals surface area contributed by atoms with Gasteiger partial charge >= 0.3 is 0 Å². The second-order valence-electron chi connectivity index (χ2n) is 7.92. The van der Waals surface area contributed by atoms with Crippen molar-refractivity contribution in [1.29, 1.82) is 0 Å². The lowest BCUT2D eigenvalue weighted by Crippen LogP contribution is -2.41. The molecule has 0 unspecified atom stereocenters. The Kier molecular flexibility index (Phi) is 6.57. The normalized spacial score (nSPS) is 19.0. The first-order valence-electron chi connectivity index (χ1n) is 10.6. The molecule has 0 spiro atoms. The van der Waals surface area contributed by atoms with Crippen molar-refractivity contribution in [3.8, 4) is 11.1 Å². The average Bonchev–Trinajstić information content (AvgIpc) is 3.21. The predicted molar refractivity (Wildman–Crippen MR) is 122 cm³/mol. The fraction of sp³-hybridized carbons (Fsp3) is 0.269. The molecule has 0 saturated carbocycles. The first-order chi connectivity index (χ1) is 14.7. The maximum Gasteiger partial charge on any atom is 0.237 e. The predicted octanol–water partition coefficient (Wildman–Crippen LogP) is 3.83. The van der Waals surface area contributed by atoms with Gasteiger partial charge in [0.1, 0.15) is 0 Å². The molecule has 30 heavy (non-hydrogen) atoms. The van der Waals surface area contributed by atoms with Gasteiger partial charge < -0.3 is 10.6 Å². The maximum atomic E-state index is 12.4. The van der Waals surface area contributed by atoms with Crippen LogP contribution in [-0.4, -0.2) is 36.5 Å². The average molecular weight is 400 g/mol. The van der Waals surface area contributed by atoms with E-state index in [1.165, 1.54) is 22.3 Å². The molecule has 4 heteroatoms. The highest BCUT2D eigenvalue weighted by Gasteiger charge is 2.35. The van der Waals surface area contributed by atoms with Gasteiger partial charge in [0, 0.05) is 32.7 Å². The van der Waals surface area contributed by atoms with Crippen LogP contribution in [0.5, 0.6) is 0 Å². The van der Waals surface area contributed by atoms with Gasteiger partial charge in [-0.3, -0.25) is 9.69 Å². The Morgan fingerprint density at radius 3 is 2.17 bits per heavy atom. The van der Waals surface area contributed by atoms with E-state index in [0.717, 1.165) is 26.1 Å². The third-order valence-electron chi connectivity index (χ3n) is 5.84. The number of amides is 1. The topological polar surface area (TPSA) is 44.4 Å². The van der Waals surface area contributed by atoms with Gasteiger partial charge in [0.25, 0.3) is 0 Å². The summed E-state index contributed by atoms with van der Waals surface area (Å²) >= 11 is 0. The zero-order valence-electron chi connectivity index (χ0n) is 17.4. The Morgan fingerprint density at radius 2 is 1.50 bits per heavy atom. The summed E-state index contributed by atoms with van der Waals surface area (Å²) in [6.45, 7) is 2.47. The van der Waals surface area contributed by atoms with Crippen molar-refractivity contribution in [2.24, 2.45) is 0 Å². The number of likely N-dealkylation sites (N-methyl/N-ethyl adjacent to an activating group) is 1. The number of likely N-dealkylation sites (tertiary alicyclic amines) is 1. The monoisotopic (exact) mass is 399 g/mol. The molecule has 0 radical (unpaired) electrons. The molecule has 1 aliphatic heterocycles. The Balaban J connectivity index is 1.36. The summed E-state index contributed by atoms with van der Waals surface area (Å²) in [6.07, 6.45) is 0.828. The molecule has 2 N–H and O–H groups in total. The number of hydrogen-bond acceptors (Lipinski definition) is 3. The van der Waals surface area contributed by atoms with Gasteiger partial charge in [-0.1, -0.05) is 84.9 Å². The molecule has 4 nitrogen and oxygen atoms in total. The Labute approximate surface area is 178 Å². The lowest BCUT2D eigenvalue weighted by Gasteiger charge is -2.22. The van der Waals surface area contributed by atoms with E-state index < -0.39 is 0 Å². The minimum atomic E-state index is -0.0897. The van der Waals surface area contributed by atoms with Crippen molar-refractivity contribution < 1.29 is 4.79 Å². The molecule has 3 aromatic rings. The van der Waals surface area contributed by atoms with E-state index in [1.54, 1.807) is 7.05 Å². The van der Waals surface area contributed by atoms with Crippen molar-refractivity contribution in [3.05, 3.63) is 96.1 Å². The summed E-state index contributed by atoms with van der Waals surface area (Å²) in [6, 6.07) is 29.7. The summed E-state index contributed by atoms with van der Waals surface area (Å²) < 4.78 is 0. The van der Waals surface area contributed by atoms with Gasteiger partial charge in [0.2, 0.25) is 5.91 Å². The van der Waals surface area contributed by atoms with Crippen LogP contribution in [0.25, 0.3) is 11.1 Å². The molecule has 4 rings (SSSR count). The van der Waals surface area contributed by atoms with Crippen LogP contribution in [0.3, 0.4) is 0 Å². The molecule has 1 saturated heterocycles. The molecule has 1 fully saturated rings. The van der Waals surface area contributed by atoms with E-state index in [4.69, 9.17) is 0 Å². The molecule has 3 aromatic carbocycles. The molecule has 154 valence electrons. The maximum absolute atomic E-state index is 12.4. The van der Waals surface area contributed by atoms with Crippen LogP contribution < -0.4 is 10.6 Å². The summed E-state index contributed by atoms with van der Waals surface area (Å²) in [5.74, 6) is 0.0995. The Hall–Kier alpha value is -2.95. The molecule has 0 aromatic heterocycles. The standard InChI is InChI=1S/C26H29N3O/c1-27-26(30)25-16-24(19-29(25)18-21-8-4-2-5-9-21)28-17-20-12-14-23(15-13-20)22-10-6-3-7-11-22/h2-15,24-25,28H,16-19H2,1H3,(H,27,30)/t24-,25+/m1/s1. The number of nitrogens with zero attached hydrogens (tertiary/aromatic N) is 1. The Bertz CT molecular complexity index is 941. The first-order valence-corrected chi connectivity index (χ1v) is 10.6. The fourth-order valence-electron chi connectivity index (χ4n) is 4.19. The SMILES string of the molecule is CNC(=O)[C@@H]1C[C@@H](NCc2ccc(-c3ccccc3)cc2)CN1Cc1ccccc1. The van der Waals surface area contributed by atoms with Crippen molar-refractivity contribution in [3.63, 3.8) is 0 Å². The van der Waals surface area contributed by atoms with E-state index in [2.05, 4.69) is 88.3 Å². The fourth-order valence-corrected chi connectivity index (χ4v) is 4.19. The van der Waals surface area contributed by atoms with Gasteiger partial charge in [0.05, 0.1) is 6.04 Å². The summed E-state index contributed by atoms with van der Waals surface area (Å²) in [7, 11) is 1.72. The number of rotatable bonds is 7. The van der Waals surface area contributed by atoms with Gasteiger partial charge in [-0.25, -0.2) is 0 Å². The van der Waals surface area contributed by atoms with E-state index in [1.807, 2.05) is 12.1 Å². The second-order valence-corrected chi connectivity index (χ2v) is 7.92. The van der Waals surface area contributed by atoms with Crippen LogP contribution in [0.4, 0.5) is 0 Å². The third-order valence-corrected chi connectivity index (χ3v) is 5.84. The number of nitrogens with one attached hydrogen (secondary N) is 2. The van der Waals surface area contributed by atoms with Gasteiger partial charge in [-0.2, -0.15) is 0 Å². The van der Waals surface area contributed by atoms with E-state index in [-0.39, 0.29) is 11.9 Å². The van der Waals surface area contributed by atoms with E-state index in [9.17, 15) is 4.79 Å². The summed E-state index contributed by atoms with van der Waals surface area (Å²) in [4.78, 5) is 14.7. The highest BCUT2D eigenvalue weighted by Crippen LogP contribution is 2.22. The number of benzene rings is 3. The number of carbonyl (C=O) groups excluding carboxylic acids is 1. The van der Waals surface area contributed by atoms with Crippen molar-refractivity contribution in [1.82, 2.24) is 15.5 Å². The van der Waals surface area contributed by atoms with Gasteiger partial charge in [-0.15, -0.1) is 0 Å². The molecule has 2 atom stereocenters. The first kappa shape index (κ1) is 20.3. The van der Waals surface area contributed by atoms with Gasteiger partial charge in [0.15, 0.2) is 0 Å². The van der Waals surface area contributed by atoms with E-state index in [0.29, 0.717) is 6.04 Å². The summed E-state index contributed by atoms with van der Waals surface area (Å²) in [5.41, 5.74) is 4.96. The molecular formula is C26H29N3O. The largest absolute Gasteiger partial charge is 0.358 e. The smallest absolute Gasteiger partial charge is 0.237 e. The van der Waals surface area contributed by atoms with Crippen LogP contribution in [-0.2, 0) is 17.9 Å². The molecule has 0 bridgehead atoms. The van der Waals surface area contributed by atoms with Crippen molar-refractivity contribution in [2.75, 3.05) is 13.6 Å². The minimum absolute atomic E-state index is 0.0897. The zero-order chi connectivity index (χ0) is 20.8. The molecular weight excluding hydrogens is 370 g/mol. The number of carbonyl (C=O) groups is 1. The molecule has 1 amide bonds. The lowest BCUT2D eigenvalue weighted by molar-refractivity contribution is -0.125. The quantitative estimate of drug-likeness (QED) is 0.635. The molecule has 1 heterocycles. The summed E-state index contributed by atoms with van der Waals surface area (Å²) in [5, 5.41) is 6.49. The third kappa shape index (κ3) is 4.96. The van der Waals surface area contributed by atoms with Crippen LogP contribution in [0.2, 0.25) is 0 Å². The van der Waals surface area contributed by atoms with E-state index >= 15 is 0 Å². The highest BCUT2D eigenvalue weighted by atomic mass is 16.2. The number of hydrogen-bond donors (Lipinski definition) is 2. The van der Waals surface area contributed by atoms with Crippen molar-refractivity contribution in [2.45, 2.75) is 31.6 Å². The van der Waals surface area contributed by atoms with Crippen molar-refractivity contribution >= 4 is 5.91 Å². The lowest BCUT2D eigenvalue weighted by atomic mass is 10.0. The molecule has 0 aliphatic carbocycles. The minimum Gasteiger partial charge on any atom is -0.358 e. The van der Waals surface area contributed by atoms with Crippen LogP contribution in [0, 0.1) is 0 Å². The van der Waals surface area contributed by atoms with Crippen LogP contribution in [0.1, 0.15) is 17.5 Å². The second kappa shape index (κ2) is 9.70. The molecule has 1 aliphatic rings. The zero-order valence-corrected chi connectivity index (χ0v) is 17.4. The highest BCUT2D eigenvalue weighted by molar-refractivity contribution is 5.81. The van der Waals surface area contributed by atoms with Crippen LogP contribution >= 0.6 is 0 Å². The Morgan fingerprint density at radius 1 is 0.867 bits per heavy atom. The van der Waals surface area contributed by atoms with Gasteiger partial charge in [-0.05, 0) is 28.7 Å². The van der Waals surface area contributed by atoms with Crippen LogP contribution in [0.15, 0.2) is 84.9 Å².